The van der Waals surface area contributed by atoms with Crippen molar-refractivity contribution in [3.63, 3.8) is 0 Å². The minimum absolute atomic E-state index is 0.0434. The van der Waals surface area contributed by atoms with Gasteiger partial charge in [0.2, 0.25) is 0 Å². The van der Waals surface area contributed by atoms with E-state index in [-0.39, 0.29) is 5.41 Å². The van der Waals surface area contributed by atoms with E-state index in [9.17, 15) is 0 Å². The molecule has 8 rings (SSSR count). The van der Waals surface area contributed by atoms with Crippen LogP contribution in [0.1, 0.15) is 37.0 Å². The minimum atomic E-state index is -0.0434. The lowest BCUT2D eigenvalue weighted by atomic mass is 9.81. The van der Waals surface area contributed by atoms with E-state index in [2.05, 4.69) is 148 Å². The van der Waals surface area contributed by atoms with E-state index in [4.69, 9.17) is 10.7 Å². The highest BCUT2D eigenvalue weighted by Gasteiger charge is 2.35. The van der Waals surface area contributed by atoms with E-state index in [1.807, 2.05) is 0 Å². The molecule has 0 aromatic heterocycles. The summed E-state index contributed by atoms with van der Waals surface area (Å²) in [6, 6.07) is 46.9. The maximum Gasteiger partial charge on any atom is 0.0500 e. The standard InChI is InChI=1S/C44H36N2/c1-4-46-41(24-25-45)43-35-17-8-7-16-34(35)42(30-21-23-40-37(27-30)33-15-9-10-19-39(33)44(40,2)3)38-26-29(20-22-36(38)43)32-18-11-13-28-12-5-6-14-31(28)32/h4-23,26-27H,1,24-25,45H2,2-3H3. The third-order valence-corrected chi connectivity index (χ3v) is 9.91. The maximum atomic E-state index is 6.16. The lowest BCUT2D eigenvalue weighted by molar-refractivity contribution is 0.660. The molecule has 0 saturated heterocycles. The molecule has 0 unspecified atom stereocenters. The quantitative estimate of drug-likeness (QED) is 0.151. The van der Waals surface area contributed by atoms with E-state index in [0.29, 0.717) is 13.0 Å². The predicted molar refractivity (Wildman–Crippen MR) is 198 cm³/mol. The number of rotatable bonds is 6. The topological polar surface area (TPSA) is 38.4 Å². The molecule has 0 atom stereocenters. The van der Waals surface area contributed by atoms with E-state index in [1.165, 1.54) is 76.8 Å². The molecule has 0 saturated carbocycles. The molecular weight excluding hydrogens is 556 g/mol. The van der Waals surface area contributed by atoms with E-state index in [1.54, 1.807) is 6.20 Å². The molecule has 0 fully saturated rings. The fourth-order valence-electron chi connectivity index (χ4n) is 7.82. The Balaban J connectivity index is 1.49. The fourth-order valence-corrected chi connectivity index (χ4v) is 7.82. The van der Waals surface area contributed by atoms with Gasteiger partial charge in [0.25, 0.3) is 0 Å². The van der Waals surface area contributed by atoms with E-state index in [0.717, 1.165) is 11.3 Å². The smallest absolute Gasteiger partial charge is 0.0500 e. The first-order valence-electron chi connectivity index (χ1n) is 16.1. The summed E-state index contributed by atoms with van der Waals surface area (Å²) in [5.41, 5.74) is 18.5. The molecular formula is C44H36N2. The summed E-state index contributed by atoms with van der Waals surface area (Å²) in [4.78, 5) is 4.80. The zero-order valence-corrected chi connectivity index (χ0v) is 26.3. The Kier molecular flexibility index (Phi) is 6.70. The van der Waals surface area contributed by atoms with Crippen LogP contribution in [0.5, 0.6) is 0 Å². The number of nitrogens with two attached hydrogens (primary N) is 1. The Morgan fingerprint density at radius 2 is 1.28 bits per heavy atom. The molecule has 7 aromatic rings. The first-order chi connectivity index (χ1) is 22.5. The van der Waals surface area contributed by atoms with Gasteiger partial charge in [-0.2, -0.15) is 0 Å². The van der Waals surface area contributed by atoms with Crippen molar-refractivity contribution in [3.8, 4) is 33.4 Å². The second kappa shape index (κ2) is 10.9. The molecule has 1 aliphatic carbocycles. The zero-order valence-electron chi connectivity index (χ0n) is 26.3. The van der Waals surface area contributed by atoms with Crippen LogP contribution in [0.3, 0.4) is 0 Å². The Labute approximate surface area is 270 Å². The molecule has 0 aliphatic heterocycles. The summed E-state index contributed by atoms with van der Waals surface area (Å²) in [7, 11) is 0. The van der Waals surface area contributed by atoms with Crippen LogP contribution in [0.15, 0.2) is 145 Å². The van der Waals surface area contributed by atoms with Crippen molar-refractivity contribution >= 4 is 38.0 Å². The molecule has 0 radical (unpaired) electrons. The number of benzene rings is 7. The normalized spacial score (nSPS) is 13.7. The summed E-state index contributed by atoms with van der Waals surface area (Å²) >= 11 is 0. The molecule has 0 bridgehead atoms. The number of hydrogen-bond acceptors (Lipinski definition) is 2. The number of hydrogen-bond donors (Lipinski definition) is 1. The summed E-state index contributed by atoms with van der Waals surface area (Å²) < 4.78 is 0. The molecule has 0 heterocycles. The van der Waals surface area contributed by atoms with Crippen molar-refractivity contribution in [1.82, 2.24) is 0 Å². The van der Waals surface area contributed by atoms with Crippen molar-refractivity contribution in [1.29, 1.82) is 0 Å². The van der Waals surface area contributed by atoms with Crippen LogP contribution >= 0.6 is 0 Å². The van der Waals surface area contributed by atoms with Gasteiger partial charge in [0, 0.05) is 23.6 Å². The first kappa shape index (κ1) is 28.2. The molecule has 2 N–H and O–H groups in total. The lowest BCUT2D eigenvalue weighted by Gasteiger charge is -2.22. The summed E-state index contributed by atoms with van der Waals surface area (Å²) in [5, 5.41) is 7.26. The molecule has 1 aliphatic rings. The zero-order chi connectivity index (χ0) is 31.4. The van der Waals surface area contributed by atoms with Gasteiger partial charge in [0.1, 0.15) is 0 Å². The van der Waals surface area contributed by atoms with Crippen LogP contribution in [-0.2, 0) is 5.41 Å². The molecule has 2 heteroatoms. The number of aliphatic imine (C=N–C) groups is 1. The second-order valence-corrected chi connectivity index (χ2v) is 12.8. The van der Waals surface area contributed by atoms with Crippen molar-refractivity contribution < 1.29 is 0 Å². The third kappa shape index (κ3) is 4.25. The Hall–Kier alpha value is -5.31. The van der Waals surface area contributed by atoms with Crippen LogP contribution in [0.25, 0.3) is 65.7 Å². The SMILES string of the molecule is C=CN=C(CCN)c1c2ccccc2c(-c2ccc3c(c2)-c2ccccc2C3(C)C)c2cc(-c3cccc4ccccc34)ccc12. The van der Waals surface area contributed by atoms with Gasteiger partial charge in [-0.1, -0.05) is 136 Å². The summed E-state index contributed by atoms with van der Waals surface area (Å²) in [6.07, 6.45) is 2.31. The highest BCUT2D eigenvalue weighted by molar-refractivity contribution is 6.26. The number of nitrogens with zero attached hydrogens (tertiary/aromatic N) is 1. The Morgan fingerprint density at radius 1 is 0.630 bits per heavy atom. The Bertz CT molecular complexity index is 2370. The van der Waals surface area contributed by atoms with Gasteiger partial charge in [-0.25, -0.2) is 0 Å². The minimum Gasteiger partial charge on any atom is -0.330 e. The third-order valence-electron chi connectivity index (χ3n) is 9.91. The van der Waals surface area contributed by atoms with Crippen molar-refractivity contribution in [3.05, 3.63) is 157 Å². The van der Waals surface area contributed by atoms with Gasteiger partial charge in [0.05, 0.1) is 5.71 Å². The van der Waals surface area contributed by atoms with Gasteiger partial charge >= 0.3 is 0 Å². The van der Waals surface area contributed by atoms with Crippen LogP contribution in [0.2, 0.25) is 0 Å². The maximum absolute atomic E-state index is 6.16. The van der Waals surface area contributed by atoms with Crippen molar-refractivity contribution in [2.75, 3.05) is 6.54 Å². The van der Waals surface area contributed by atoms with Gasteiger partial charge in [-0.3, -0.25) is 4.99 Å². The Morgan fingerprint density at radius 3 is 2.11 bits per heavy atom. The fraction of sp³-hybridized carbons (Fsp3) is 0.114. The summed E-state index contributed by atoms with van der Waals surface area (Å²) in [6.45, 7) is 9.14. The van der Waals surface area contributed by atoms with Crippen LogP contribution in [-0.4, -0.2) is 12.3 Å². The molecule has 46 heavy (non-hydrogen) atoms. The number of fused-ring (bicyclic) bond motifs is 6. The average molecular weight is 593 g/mol. The molecule has 0 amide bonds. The first-order valence-corrected chi connectivity index (χ1v) is 16.1. The largest absolute Gasteiger partial charge is 0.330 e. The lowest BCUT2D eigenvalue weighted by Crippen LogP contribution is -2.14. The van der Waals surface area contributed by atoms with Gasteiger partial charge in [-0.05, 0) is 95.5 Å². The predicted octanol–water partition coefficient (Wildman–Crippen LogP) is 11.1. The van der Waals surface area contributed by atoms with E-state index < -0.39 is 0 Å². The van der Waals surface area contributed by atoms with Crippen LogP contribution in [0.4, 0.5) is 0 Å². The van der Waals surface area contributed by atoms with Gasteiger partial charge < -0.3 is 5.73 Å². The molecule has 2 nitrogen and oxygen atoms in total. The van der Waals surface area contributed by atoms with Crippen LogP contribution in [0, 0.1) is 0 Å². The van der Waals surface area contributed by atoms with Crippen molar-refractivity contribution in [2.45, 2.75) is 25.7 Å². The monoisotopic (exact) mass is 592 g/mol. The van der Waals surface area contributed by atoms with Gasteiger partial charge in [-0.15, -0.1) is 0 Å². The highest BCUT2D eigenvalue weighted by Crippen LogP contribution is 2.51. The molecule has 0 spiro atoms. The van der Waals surface area contributed by atoms with Crippen LogP contribution < -0.4 is 5.73 Å². The molecule has 222 valence electrons. The summed E-state index contributed by atoms with van der Waals surface area (Å²) in [5.74, 6) is 0. The average Bonchev–Trinajstić information content (AvgIpc) is 3.32. The highest BCUT2D eigenvalue weighted by atomic mass is 14.7. The molecule has 7 aromatic carbocycles. The van der Waals surface area contributed by atoms with E-state index >= 15 is 0 Å². The second-order valence-electron chi connectivity index (χ2n) is 12.8. The van der Waals surface area contributed by atoms with Crippen molar-refractivity contribution in [2.24, 2.45) is 10.7 Å². The van der Waals surface area contributed by atoms with Gasteiger partial charge in [0.15, 0.2) is 0 Å².